The van der Waals surface area contributed by atoms with Crippen molar-refractivity contribution in [1.29, 1.82) is 0 Å². The van der Waals surface area contributed by atoms with Gasteiger partial charge in [-0.05, 0) is 26.4 Å². The van der Waals surface area contributed by atoms with Crippen LogP contribution in [0.25, 0.3) is 0 Å². The zero-order chi connectivity index (χ0) is 13.5. The van der Waals surface area contributed by atoms with E-state index in [0.717, 1.165) is 24.3 Å². The van der Waals surface area contributed by atoms with E-state index in [0.29, 0.717) is 18.4 Å². The third-order valence-electron chi connectivity index (χ3n) is 2.65. The van der Waals surface area contributed by atoms with Gasteiger partial charge in [-0.1, -0.05) is 13.8 Å². The Morgan fingerprint density at radius 2 is 2.06 bits per heavy atom. The molecule has 18 heavy (non-hydrogen) atoms. The minimum absolute atomic E-state index is 0.331. The molecule has 1 heterocycles. The maximum atomic E-state index is 5.77. The van der Waals surface area contributed by atoms with Gasteiger partial charge in [-0.25, -0.2) is 9.97 Å². The van der Waals surface area contributed by atoms with Crippen LogP contribution >= 0.6 is 0 Å². The van der Waals surface area contributed by atoms with E-state index < -0.39 is 0 Å². The Morgan fingerprint density at radius 3 is 2.61 bits per heavy atom. The molecule has 0 saturated carbocycles. The molecule has 0 amide bonds. The van der Waals surface area contributed by atoms with Crippen LogP contribution in [-0.2, 0) is 0 Å². The fraction of sp³-hybridized carbons (Fsp3) is 0.692. The van der Waals surface area contributed by atoms with Gasteiger partial charge in [0.25, 0.3) is 0 Å². The van der Waals surface area contributed by atoms with Crippen LogP contribution in [0.1, 0.15) is 31.7 Å². The summed E-state index contributed by atoms with van der Waals surface area (Å²) in [5, 5.41) is 3.09. The first-order valence-electron chi connectivity index (χ1n) is 6.36. The van der Waals surface area contributed by atoms with Gasteiger partial charge in [0.1, 0.15) is 12.1 Å². The third kappa shape index (κ3) is 4.14. The Kier molecular flexibility index (Phi) is 5.85. The highest BCUT2D eigenvalue weighted by atomic mass is 16.5. The largest absolute Gasteiger partial charge is 0.477 e. The summed E-state index contributed by atoms with van der Waals surface area (Å²) in [6.07, 6.45) is 2.53. The Balaban J connectivity index is 2.69. The average Bonchev–Trinajstić information content (AvgIpc) is 2.33. The van der Waals surface area contributed by atoms with Crippen molar-refractivity contribution in [3.05, 3.63) is 11.9 Å². The van der Waals surface area contributed by atoms with E-state index in [2.05, 4.69) is 48.1 Å². The molecular formula is C13H24N4O. The first kappa shape index (κ1) is 14.7. The molecular weight excluding hydrogens is 228 g/mol. The van der Waals surface area contributed by atoms with Crippen molar-refractivity contribution in [2.45, 2.75) is 26.2 Å². The summed E-state index contributed by atoms with van der Waals surface area (Å²) in [6.45, 7) is 5.93. The third-order valence-corrected chi connectivity index (χ3v) is 2.65. The van der Waals surface area contributed by atoms with Crippen LogP contribution in [0, 0.1) is 0 Å². The highest BCUT2D eigenvalue weighted by molar-refractivity contribution is 5.50. The minimum Gasteiger partial charge on any atom is -0.477 e. The van der Waals surface area contributed by atoms with Gasteiger partial charge in [0.2, 0.25) is 5.88 Å². The number of anilines is 1. The minimum atomic E-state index is 0.331. The SMILES string of the molecule is CNc1ncnc(OCCCN(C)C)c1C(C)C. The normalized spacial score (nSPS) is 11.1. The van der Waals surface area contributed by atoms with Gasteiger partial charge in [0.15, 0.2) is 0 Å². The Labute approximate surface area is 110 Å². The molecule has 0 atom stereocenters. The number of hydrogen-bond acceptors (Lipinski definition) is 5. The quantitative estimate of drug-likeness (QED) is 0.752. The zero-order valence-corrected chi connectivity index (χ0v) is 12.0. The van der Waals surface area contributed by atoms with Crippen molar-refractivity contribution in [2.24, 2.45) is 0 Å². The highest BCUT2D eigenvalue weighted by Crippen LogP contribution is 2.29. The van der Waals surface area contributed by atoms with Crippen LogP contribution in [0.3, 0.4) is 0 Å². The number of aromatic nitrogens is 2. The van der Waals surface area contributed by atoms with Gasteiger partial charge < -0.3 is 15.0 Å². The van der Waals surface area contributed by atoms with Crippen LogP contribution in [0.15, 0.2) is 6.33 Å². The molecule has 1 aromatic heterocycles. The molecule has 0 aliphatic carbocycles. The van der Waals surface area contributed by atoms with E-state index in [1.165, 1.54) is 0 Å². The lowest BCUT2D eigenvalue weighted by Gasteiger charge is -2.16. The summed E-state index contributed by atoms with van der Waals surface area (Å²) in [4.78, 5) is 10.6. The summed E-state index contributed by atoms with van der Waals surface area (Å²) in [6, 6.07) is 0. The summed E-state index contributed by atoms with van der Waals surface area (Å²) in [5.41, 5.74) is 1.05. The van der Waals surface area contributed by atoms with Crippen LogP contribution in [-0.4, -0.2) is 49.2 Å². The van der Waals surface area contributed by atoms with Gasteiger partial charge in [0.05, 0.1) is 12.2 Å². The van der Waals surface area contributed by atoms with Crippen molar-refractivity contribution in [3.8, 4) is 5.88 Å². The molecule has 0 spiro atoms. The summed E-state index contributed by atoms with van der Waals surface area (Å²) in [7, 11) is 5.98. The standard InChI is InChI=1S/C13H24N4O/c1-10(2)11-12(14-3)15-9-16-13(11)18-8-6-7-17(4)5/h9-10H,6-8H2,1-5H3,(H,14,15,16). The summed E-state index contributed by atoms with van der Waals surface area (Å²) < 4.78 is 5.77. The summed E-state index contributed by atoms with van der Waals surface area (Å²) >= 11 is 0. The van der Waals surface area contributed by atoms with Crippen LogP contribution in [0.5, 0.6) is 5.88 Å². The highest BCUT2D eigenvalue weighted by Gasteiger charge is 2.15. The lowest BCUT2D eigenvalue weighted by molar-refractivity contribution is 0.269. The second-order valence-electron chi connectivity index (χ2n) is 4.85. The van der Waals surface area contributed by atoms with E-state index in [1.54, 1.807) is 6.33 Å². The molecule has 0 saturated heterocycles. The first-order chi connectivity index (χ1) is 8.56. The molecule has 0 aliphatic rings. The van der Waals surface area contributed by atoms with E-state index in [9.17, 15) is 0 Å². The van der Waals surface area contributed by atoms with Crippen molar-refractivity contribution in [2.75, 3.05) is 39.6 Å². The smallest absolute Gasteiger partial charge is 0.222 e. The zero-order valence-electron chi connectivity index (χ0n) is 12.0. The first-order valence-corrected chi connectivity index (χ1v) is 6.36. The van der Waals surface area contributed by atoms with Crippen LogP contribution in [0.4, 0.5) is 5.82 Å². The molecule has 0 unspecified atom stereocenters. The maximum absolute atomic E-state index is 5.77. The second-order valence-corrected chi connectivity index (χ2v) is 4.85. The molecule has 1 N–H and O–H groups in total. The molecule has 0 bridgehead atoms. The monoisotopic (exact) mass is 252 g/mol. The second kappa shape index (κ2) is 7.16. The molecule has 102 valence electrons. The molecule has 0 radical (unpaired) electrons. The number of nitrogens with one attached hydrogen (secondary N) is 1. The maximum Gasteiger partial charge on any atom is 0.222 e. The van der Waals surface area contributed by atoms with Crippen molar-refractivity contribution in [1.82, 2.24) is 14.9 Å². The van der Waals surface area contributed by atoms with E-state index in [-0.39, 0.29) is 0 Å². The van der Waals surface area contributed by atoms with Gasteiger partial charge >= 0.3 is 0 Å². The van der Waals surface area contributed by atoms with E-state index >= 15 is 0 Å². The molecule has 5 heteroatoms. The average molecular weight is 252 g/mol. The fourth-order valence-electron chi connectivity index (χ4n) is 1.76. The van der Waals surface area contributed by atoms with Crippen molar-refractivity contribution >= 4 is 5.82 Å². The van der Waals surface area contributed by atoms with E-state index in [1.807, 2.05) is 7.05 Å². The van der Waals surface area contributed by atoms with Gasteiger partial charge in [0, 0.05) is 13.6 Å². The van der Waals surface area contributed by atoms with Crippen molar-refractivity contribution in [3.63, 3.8) is 0 Å². The lowest BCUT2D eigenvalue weighted by atomic mass is 10.1. The van der Waals surface area contributed by atoms with Crippen molar-refractivity contribution < 1.29 is 4.74 Å². The topological polar surface area (TPSA) is 50.3 Å². The Hall–Kier alpha value is -1.36. The molecule has 0 aromatic carbocycles. The number of ether oxygens (including phenoxy) is 1. The van der Waals surface area contributed by atoms with E-state index in [4.69, 9.17) is 4.74 Å². The van der Waals surface area contributed by atoms with Gasteiger partial charge in [-0.2, -0.15) is 0 Å². The number of hydrogen-bond donors (Lipinski definition) is 1. The molecule has 5 nitrogen and oxygen atoms in total. The predicted molar refractivity (Wildman–Crippen MR) is 74.3 cm³/mol. The van der Waals surface area contributed by atoms with Crippen LogP contribution < -0.4 is 10.1 Å². The fourth-order valence-corrected chi connectivity index (χ4v) is 1.76. The lowest BCUT2D eigenvalue weighted by Crippen LogP contribution is -2.16. The predicted octanol–water partition coefficient (Wildman–Crippen LogP) is 1.97. The molecule has 0 aliphatic heterocycles. The van der Waals surface area contributed by atoms with Gasteiger partial charge in [-0.15, -0.1) is 0 Å². The van der Waals surface area contributed by atoms with Gasteiger partial charge in [-0.3, -0.25) is 0 Å². The number of nitrogens with zero attached hydrogens (tertiary/aromatic N) is 3. The Morgan fingerprint density at radius 1 is 1.33 bits per heavy atom. The summed E-state index contributed by atoms with van der Waals surface area (Å²) in [5.74, 6) is 1.88. The Bertz CT molecular complexity index is 366. The molecule has 1 aromatic rings. The molecule has 1 rings (SSSR count). The number of rotatable bonds is 7. The molecule has 0 fully saturated rings. The van der Waals surface area contributed by atoms with Crippen LogP contribution in [0.2, 0.25) is 0 Å².